The fourth-order valence-electron chi connectivity index (χ4n) is 2.92. The van der Waals surface area contributed by atoms with Crippen molar-refractivity contribution >= 4 is 29.9 Å². The summed E-state index contributed by atoms with van der Waals surface area (Å²) in [4.78, 5) is 6.97. The van der Waals surface area contributed by atoms with Crippen LogP contribution in [0.2, 0.25) is 0 Å². The van der Waals surface area contributed by atoms with Gasteiger partial charge in [-0.2, -0.15) is 0 Å². The number of nitrogens with zero attached hydrogens (tertiary/aromatic N) is 2. The Morgan fingerprint density at radius 2 is 2.15 bits per heavy atom. The lowest BCUT2D eigenvalue weighted by molar-refractivity contribution is 0.181. The first-order chi connectivity index (χ1) is 12.2. The normalized spacial score (nSPS) is 16.8. The molecule has 1 fully saturated rings. The van der Waals surface area contributed by atoms with Crippen LogP contribution in [0.25, 0.3) is 0 Å². The third-order valence-electron chi connectivity index (χ3n) is 4.19. The van der Waals surface area contributed by atoms with E-state index >= 15 is 0 Å². The van der Waals surface area contributed by atoms with Gasteiger partial charge in [-0.05, 0) is 38.0 Å². The summed E-state index contributed by atoms with van der Waals surface area (Å²) >= 11 is 0. The SMILES string of the molecule is CCNC(=NCc1ccc(OC)c(OCC)c1)N(C)CC1CCOC1.I. The molecule has 1 atom stereocenters. The maximum atomic E-state index is 5.65. The molecule has 1 saturated heterocycles. The van der Waals surface area contributed by atoms with Gasteiger partial charge in [0, 0.05) is 32.7 Å². The van der Waals surface area contributed by atoms with Crippen molar-refractivity contribution in [3.8, 4) is 11.5 Å². The second-order valence-corrected chi connectivity index (χ2v) is 6.20. The molecule has 1 aliphatic heterocycles. The summed E-state index contributed by atoms with van der Waals surface area (Å²) in [5, 5.41) is 3.37. The maximum Gasteiger partial charge on any atom is 0.193 e. The van der Waals surface area contributed by atoms with Gasteiger partial charge in [-0.3, -0.25) is 0 Å². The van der Waals surface area contributed by atoms with Crippen LogP contribution >= 0.6 is 24.0 Å². The molecule has 1 unspecified atom stereocenters. The predicted molar refractivity (Wildman–Crippen MR) is 116 cm³/mol. The zero-order valence-corrected chi connectivity index (χ0v) is 18.6. The molecule has 0 amide bonds. The molecule has 2 rings (SSSR count). The second kappa shape index (κ2) is 12.2. The standard InChI is InChI=1S/C19H31N3O3.HI/c1-5-20-19(22(3)13-16-9-10-24-14-16)21-12-15-7-8-17(23-4)18(11-15)25-6-2;/h7-8,11,16H,5-6,9-10,12-14H2,1-4H3,(H,20,21);1H. The molecule has 1 N–H and O–H groups in total. The summed E-state index contributed by atoms with van der Waals surface area (Å²) in [6.45, 7) is 8.78. The van der Waals surface area contributed by atoms with E-state index in [0.29, 0.717) is 19.1 Å². The van der Waals surface area contributed by atoms with Crippen LogP contribution in [0.5, 0.6) is 11.5 Å². The molecule has 6 nitrogen and oxygen atoms in total. The molecule has 0 radical (unpaired) electrons. The first kappa shape index (κ1) is 22.8. The van der Waals surface area contributed by atoms with Gasteiger partial charge in [-0.25, -0.2) is 4.99 Å². The van der Waals surface area contributed by atoms with E-state index in [4.69, 9.17) is 19.2 Å². The van der Waals surface area contributed by atoms with Crippen LogP contribution in [0.1, 0.15) is 25.8 Å². The highest BCUT2D eigenvalue weighted by Gasteiger charge is 2.19. The van der Waals surface area contributed by atoms with Crippen molar-refractivity contribution in [2.75, 3.05) is 47.1 Å². The summed E-state index contributed by atoms with van der Waals surface area (Å²) in [6, 6.07) is 5.96. The van der Waals surface area contributed by atoms with Crippen LogP contribution in [0.15, 0.2) is 23.2 Å². The molecule has 26 heavy (non-hydrogen) atoms. The molecule has 148 valence electrons. The number of aliphatic imine (C=N–C) groups is 1. The highest BCUT2D eigenvalue weighted by Crippen LogP contribution is 2.28. The second-order valence-electron chi connectivity index (χ2n) is 6.20. The van der Waals surface area contributed by atoms with Crippen molar-refractivity contribution in [2.24, 2.45) is 10.9 Å². The fourth-order valence-corrected chi connectivity index (χ4v) is 2.92. The van der Waals surface area contributed by atoms with Gasteiger partial charge >= 0.3 is 0 Å². The Morgan fingerprint density at radius 1 is 1.35 bits per heavy atom. The zero-order valence-electron chi connectivity index (χ0n) is 16.3. The summed E-state index contributed by atoms with van der Waals surface area (Å²) in [6.07, 6.45) is 1.12. The van der Waals surface area contributed by atoms with E-state index in [0.717, 1.165) is 55.7 Å². The van der Waals surface area contributed by atoms with Gasteiger partial charge in [0.15, 0.2) is 17.5 Å². The lowest BCUT2D eigenvalue weighted by Gasteiger charge is -2.24. The van der Waals surface area contributed by atoms with Gasteiger partial charge < -0.3 is 24.4 Å². The Hall–Kier alpha value is -1.22. The third kappa shape index (κ3) is 6.83. The predicted octanol–water partition coefficient (Wildman–Crippen LogP) is 3.15. The minimum absolute atomic E-state index is 0. The lowest BCUT2D eigenvalue weighted by Crippen LogP contribution is -2.41. The maximum absolute atomic E-state index is 5.65. The van der Waals surface area contributed by atoms with Gasteiger partial charge in [-0.15, -0.1) is 24.0 Å². The number of rotatable bonds is 8. The van der Waals surface area contributed by atoms with E-state index in [-0.39, 0.29) is 24.0 Å². The van der Waals surface area contributed by atoms with Crippen LogP contribution in [-0.4, -0.2) is 57.9 Å². The molecule has 0 saturated carbocycles. The first-order valence-corrected chi connectivity index (χ1v) is 9.04. The average molecular weight is 477 g/mol. The Bertz CT molecular complexity index is 563. The number of guanidine groups is 1. The molecule has 1 aromatic carbocycles. The highest BCUT2D eigenvalue weighted by molar-refractivity contribution is 14.0. The third-order valence-corrected chi connectivity index (χ3v) is 4.19. The molecule has 1 aromatic rings. The van der Waals surface area contributed by atoms with E-state index in [2.05, 4.69) is 24.2 Å². The van der Waals surface area contributed by atoms with Gasteiger partial charge in [-0.1, -0.05) is 6.07 Å². The van der Waals surface area contributed by atoms with Crippen molar-refractivity contribution in [1.82, 2.24) is 10.2 Å². The van der Waals surface area contributed by atoms with E-state index < -0.39 is 0 Å². The fraction of sp³-hybridized carbons (Fsp3) is 0.632. The zero-order chi connectivity index (χ0) is 18.1. The van der Waals surface area contributed by atoms with E-state index in [1.165, 1.54) is 0 Å². The van der Waals surface area contributed by atoms with E-state index in [1.54, 1.807) is 7.11 Å². The summed E-state index contributed by atoms with van der Waals surface area (Å²) in [7, 11) is 3.74. The number of benzene rings is 1. The number of halogens is 1. The highest BCUT2D eigenvalue weighted by atomic mass is 127. The van der Waals surface area contributed by atoms with Gasteiger partial charge in [0.25, 0.3) is 0 Å². The molecular formula is C19H32IN3O3. The van der Waals surface area contributed by atoms with Crippen LogP contribution in [0.4, 0.5) is 0 Å². The smallest absolute Gasteiger partial charge is 0.193 e. The molecular weight excluding hydrogens is 445 g/mol. The largest absolute Gasteiger partial charge is 0.493 e. The van der Waals surface area contributed by atoms with Gasteiger partial charge in [0.05, 0.1) is 26.9 Å². The van der Waals surface area contributed by atoms with E-state index in [1.807, 2.05) is 25.1 Å². The van der Waals surface area contributed by atoms with Crippen LogP contribution in [-0.2, 0) is 11.3 Å². The molecule has 0 aromatic heterocycles. The molecule has 1 aliphatic rings. The number of hydrogen-bond acceptors (Lipinski definition) is 4. The molecule has 7 heteroatoms. The van der Waals surface area contributed by atoms with Crippen molar-refractivity contribution in [3.63, 3.8) is 0 Å². The quantitative estimate of drug-likeness (QED) is 0.354. The topological polar surface area (TPSA) is 55.3 Å². The van der Waals surface area contributed by atoms with Gasteiger partial charge in [0.1, 0.15) is 0 Å². The average Bonchev–Trinajstić information content (AvgIpc) is 3.12. The Balaban J connectivity index is 0.00000338. The lowest BCUT2D eigenvalue weighted by atomic mass is 10.1. The molecule has 0 spiro atoms. The Morgan fingerprint density at radius 3 is 2.77 bits per heavy atom. The number of methoxy groups -OCH3 is 1. The van der Waals surface area contributed by atoms with Crippen LogP contribution in [0, 0.1) is 5.92 Å². The van der Waals surface area contributed by atoms with Crippen molar-refractivity contribution < 1.29 is 14.2 Å². The number of ether oxygens (including phenoxy) is 3. The van der Waals surface area contributed by atoms with Crippen molar-refractivity contribution in [1.29, 1.82) is 0 Å². The van der Waals surface area contributed by atoms with Crippen LogP contribution < -0.4 is 14.8 Å². The minimum atomic E-state index is 0. The molecule has 1 heterocycles. The Labute approximate surface area is 174 Å². The number of hydrogen-bond donors (Lipinski definition) is 1. The summed E-state index contributed by atoms with van der Waals surface area (Å²) < 4.78 is 16.5. The molecule has 0 aliphatic carbocycles. The monoisotopic (exact) mass is 477 g/mol. The number of nitrogens with one attached hydrogen (secondary N) is 1. The van der Waals surface area contributed by atoms with Crippen molar-refractivity contribution in [3.05, 3.63) is 23.8 Å². The van der Waals surface area contributed by atoms with Crippen LogP contribution in [0.3, 0.4) is 0 Å². The van der Waals surface area contributed by atoms with E-state index in [9.17, 15) is 0 Å². The summed E-state index contributed by atoms with van der Waals surface area (Å²) in [5.41, 5.74) is 1.09. The first-order valence-electron chi connectivity index (χ1n) is 9.04. The Kier molecular flexibility index (Phi) is 10.7. The minimum Gasteiger partial charge on any atom is -0.493 e. The van der Waals surface area contributed by atoms with Crippen molar-refractivity contribution in [2.45, 2.75) is 26.8 Å². The summed E-state index contributed by atoms with van der Waals surface area (Å²) in [5.74, 6) is 3.02. The van der Waals surface area contributed by atoms with Gasteiger partial charge in [0.2, 0.25) is 0 Å². The molecule has 0 bridgehead atoms.